The highest BCUT2D eigenvalue weighted by Gasteiger charge is 2.15. The number of hydrogen-bond donors (Lipinski definition) is 0. The van der Waals surface area contributed by atoms with Crippen molar-refractivity contribution in [2.24, 2.45) is 0 Å². The van der Waals surface area contributed by atoms with Crippen LogP contribution in [0.1, 0.15) is 0 Å². The molecule has 0 aliphatic heterocycles. The lowest BCUT2D eigenvalue weighted by atomic mass is 9.90. The molecule has 0 spiro atoms. The first-order valence-corrected chi connectivity index (χ1v) is 19.1. The minimum absolute atomic E-state index is 0.963. The van der Waals surface area contributed by atoms with E-state index in [0.29, 0.717) is 0 Å². The number of benzene rings is 8. The van der Waals surface area contributed by atoms with Crippen LogP contribution >= 0.6 is 0 Å². The van der Waals surface area contributed by atoms with Crippen LogP contribution in [0.2, 0.25) is 0 Å². The molecule has 0 amide bonds. The molecule has 0 saturated carbocycles. The molecule has 2 aromatic heterocycles. The Morgan fingerprint density at radius 3 is 1.30 bits per heavy atom. The largest absolute Gasteiger partial charge is 0.248 e. The molecule has 2 heterocycles. The first-order valence-electron chi connectivity index (χ1n) is 19.1. The van der Waals surface area contributed by atoms with Crippen molar-refractivity contribution in [3.8, 4) is 78.3 Å². The Morgan fingerprint density at radius 1 is 0.232 bits per heavy atom. The molecular formula is C54H36N2. The second-order valence-electron chi connectivity index (χ2n) is 14.2. The molecule has 0 aliphatic carbocycles. The first kappa shape index (κ1) is 33.2. The van der Waals surface area contributed by atoms with Crippen LogP contribution in [-0.4, -0.2) is 9.97 Å². The topological polar surface area (TPSA) is 25.8 Å². The Hall–Kier alpha value is -7.42. The van der Waals surface area contributed by atoms with Crippen molar-refractivity contribution in [1.29, 1.82) is 0 Å². The van der Waals surface area contributed by atoms with Crippen LogP contribution in [-0.2, 0) is 0 Å². The van der Waals surface area contributed by atoms with Gasteiger partial charge in [0.2, 0.25) is 0 Å². The predicted octanol–water partition coefficient (Wildman–Crippen LogP) is 14.5. The minimum atomic E-state index is 0.963. The van der Waals surface area contributed by atoms with E-state index >= 15 is 0 Å². The van der Waals surface area contributed by atoms with Crippen LogP contribution in [0.15, 0.2) is 218 Å². The van der Waals surface area contributed by atoms with E-state index < -0.39 is 0 Å². The van der Waals surface area contributed by atoms with Gasteiger partial charge in [0.15, 0.2) is 0 Å². The van der Waals surface area contributed by atoms with Crippen LogP contribution in [0.4, 0.5) is 0 Å². The second kappa shape index (κ2) is 14.4. The molecule has 0 bridgehead atoms. The molecule has 0 atom stereocenters. The Labute approximate surface area is 327 Å². The molecule has 0 unspecified atom stereocenters. The van der Waals surface area contributed by atoms with Crippen molar-refractivity contribution in [3.05, 3.63) is 218 Å². The summed E-state index contributed by atoms with van der Waals surface area (Å²) in [6.45, 7) is 0. The molecule has 2 heteroatoms. The maximum absolute atomic E-state index is 5.20. The Balaban J connectivity index is 1.04. The second-order valence-corrected chi connectivity index (χ2v) is 14.2. The third-order valence-electron chi connectivity index (χ3n) is 10.7. The van der Waals surface area contributed by atoms with E-state index in [1.54, 1.807) is 0 Å². The summed E-state index contributed by atoms with van der Waals surface area (Å²) in [7, 11) is 0. The molecule has 8 aromatic carbocycles. The lowest BCUT2D eigenvalue weighted by Crippen LogP contribution is -1.92. The van der Waals surface area contributed by atoms with Crippen molar-refractivity contribution in [3.63, 3.8) is 0 Å². The van der Waals surface area contributed by atoms with Gasteiger partial charge in [0, 0.05) is 22.1 Å². The molecule has 2 nitrogen and oxygen atoms in total. The van der Waals surface area contributed by atoms with E-state index in [4.69, 9.17) is 9.97 Å². The van der Waals surface area contributed by atoms with E-state index in [1.807, 2.05) is 18.2 Å². The zero-order valence-electron chi connectivity index (χ0n) is 30.7. The van der Waals surface area contributed by atoms with Crippen LogP contribution in [0.3, 0.4) is 0 Å². The Kier molecular flexibility index (Phi) is 8.55. The number of nitrogens with zero attached hydrogens (tertiary/aromatic N) is 2. The van der Waals surface area contributed by atoms with Gasteiger partial charge in [-0.1, -0.05) is 188 Å². The van der Waals surface area contributed by atoms with Gasteiger partial charge >= 0.3 is 0 Å². The number of rotatable bonds is 7. The lowest BCUT2D eigenvalue weighted by Gasteiger charge is -2.15. The van der Waals surface area contributed by atoms with Gasteiger partial charge in [-0.05, 0) is 85.6 Å². The van der Waals surface area contributed by atoms with E-state index in [1.165, 1.54) is 49.5 Å². The van der Waals surface area contributed by atoms with Gasteiger partial charge in [-0.15, -0.1) is 0 Å². The lowest BCUT2D eigenvalue weighted by molar-refractivity contribution is 1.32. The van der Waals surface area contributed by atoms with Crippen LogP contribution in [0.5, 0.6) is 0 Å². The number of aromatic nitrogens is 2. The highest BCUT2D eigenvalue weighted by molar-refractivity contribution is 6.17. The standard InChI is InChI=1S/C54H36N2/c1-5-15-39(16-6-1)49-36-53(42-21-11-4-12-22-42)55-50-32-31-47-46(25-14-26-48(47)54(49)50)44-24-13-23-43(33-44)37-27-29-38(30-28-37)45-34-51(40-17-7-2-8-18-40)56-52(35-45)41-19-9-3-10-20-41/h1-36H. The summed E-state index contributed by atoms with van der Waals surface area (Å²) in [6.07, 6.45) is 0. The summed E-state index contributed by atoms with van der Waals surface area (Å²) in [5, 5.41) is 3.58. The average Bonchev–Trinajstić information content (AvgIpc) is 3.29. The molecule has 0 N–H and O–H groups in total. The number of hydrogen-bond acceptors (Lipinski definition) is 2. The minimum Gasteiger partial charge on any atom is -0.248 e. The van der Waals surface area contributed by atoms with Gasteiger partial charge in [0.1, 0.15) is 0 Å². The summed E-state index contributed by atoms with van der Waals surface area (Å²) in [5.74, 6) is 0. The highest BCUT2D eigenvalue weighted by Crippen LogP contribution is 2.40. The van der Waals surface area contributed by atoms with Gasteiger partial charge in [0.25, 0.3) is 0 Å². The number of pyridine rings is 2. The zero-order valence-corrected chi connectivity index (χ0v) is 30.7. The average molecular weight is 713 g/mol. The first-order chi connectivity index (χ1) is 27.7. The van der Waals surface area contributed by atoms with E-state index in [0.717, 1.165) is 50.4 Å². The fraction of sp³-hybridized carbons (Fsp3) is 0. The van der Waals surface area contributed by atoms with Gasteiger partial charge in [-0.25, -0.2) is 9.97 Å². The monoisotopic (exact) mass is 712 g/mol. The third-order valence-corrected chi connectivity index (χ3v) is 10.7. The van der Waals surface area contributed by atoms with Crippen molar-refractivity contribution in [2.75, 3.05) is 0 Å². The zero-order chi connectivity index (χ0) is 37.3. The Morgan fingerprint density at radius 2 is 0.714 bits per heavy atom. The molecule has 0 fully saturated rings. The fourth-order valence-corrected chi connectivity index (χ4v) is 7.88. The third kappa shape index (κ3) is 6.34. The highest BCUT2D eigenvalue weighted by atomic mass is 14.7. The SMILES string of the molecule is c1ccc(-c2cc(-c3ccc(-c4cccc(-c5cccc6c5ccc5nc(-c7ccccc7)cc(-c7ccccc7)c56)c4)cc3)cc(-c3ccccc3)n2)cc1. The molecule has 56 heavy (non-hydrogen) atoms. The molecule has 0 radical (unpaired) electrons. The van der Waals surface area contributed by atoms with E-state index in [9.17, 15) is 0 Å². The fourth-order valence-electron chi connectivity index (χ4n) is 7.88. The summed E-state index contributed by atoms with van der Waals surface area (Å²) in [4.78, 5) is 10.3. The smallest absolute Gasteiger partial charge is 0.0722 e. The normalized spacial score (nSPS) is 11.2. The molecule has 262 valence electrons. The van der Waals surface area contributed by atoms with Crippen LogP contribution in [0, 0.1) is 0 Å². The molecule has 0 saturated heterocycles. The van der Waals surface area contributed by atoms with Gasteiger partial charge in [-0.2, -0.15) is 0 Å². The van der Waals surface area contributed by atoms with Crippen molar-refractivity contribution < 1.29 is 0 Å². The van der Waals surface area contributed by atoms with Crippen molar-refractivity contribution in [2.45, 2.75) is 0 Å². The maximum atomic E-state index is 5.20. The number of fused-ring (bicyclic) bond motifs is 3. The molecule has 0 aliphatic rings. The van der Waals surface area contributed by atoms with E-state index in [2.05, 4.69) is 200 Å². The Bertz CT molecular complexity index is 2920. The summed E-state index contributed by atoms with van der Waals surface area (Å²) in [6, 6.07) is 77.5. The van der Waals surface area contributed by atoms with Crippen molar-refractivity contribution in [1.82, 2.24) is 9.97 Å². The molecule has 10 rings (SSSR count). The van der Waals surface area contributed by atoms with Crippen LogP contribution < -0.4 is 0 Å². The summed E-state index contributed by atoms with van der Waals surface area (Å²) < 4.78 is 0. The van der Waals surface area contributed by atoms with Crippen LogP contribution in [0.25, 0.3) is 100.0 Å². The maximum Gasteiger partial charge on any atom is 0.0722 e. The summed E-state index contributed by atoms with van der Waals surface area (Å²) in [5.41, 5.74) is 16.6. The molecular weight excluding hydrogens is 677 g/mol. The van der Waals surface area contributed by atoms with Gasteiger partial charge in [-0.3, -0.25) is 0 Å². The van der Waals surface area contributed by atoms with E-state index in [-0.39, 0.29) is 0 Å². The van der Waals surface area contributed by atoms with Gasteiger partial charge in [0.05, 0.1) is 22.6 Å². The molecule has 10 aromatic rings. The quantitative estimate of drug-likeness (QED) is 0.154. The van der Waals surface area contributed by atoms with Gasteiger partial charge < -0.3 is 0 Å². The summed E-state index contributed by atoms with van der Waals surface area (Å²) >= 11 is 0. The predicted molar refractivity (Wildman–Crippen MR) is 235 cm³/mol. The van der Waals surface area contributed by atoms with Crippen molar-refractivity contribution >= 4 is 21.7 Å².